The molecule has 1 aliphatic rings. The fourth-order valence-corrected chi connectivity index (χ4v) is 2.68. The van der Waals surface area contributed by atoms with Crippen LogP contribution in [0.3, 0.4) is 0 Å². The van der Waals surface area contributed by atoms with E-state index in [1.165, 1.54) is 35.4 Å². The van der Waals surface area contributed by atoms with Gasteiger partial charge in [-0.25, -0.2) is 0 Å². The standard InChI is InChI=1S/C15H18N2/c1-11(2)15-14(12-7-4-3-5-8-12)13-9-6-10-17(13)16-15/h3-5,7-8,11H,6,9-10H2,1-2H3. The van der Waals surface area contributed by atoms with Gasteiger partial charge >= 0.3 is 0 Å². The van der Waals surface area contributed by atoms with E-state index in [1.54, 1.807) is 0 Å². The van der Waals surface area contributed by atoms with Crippen molar-refractivity contribution in [2.45, 2.75) is 39.2 Å². The SMILES string of the molecule is CC(C)c1nn2c(c1-c1ccccc1)CCC2. The van der Waals surface area contributed by atoms with E-state index in [-0.39, 0.29) is 0 Å². The number of fused-ring (bicyclic) bond motifs is 1. The van der Waals surface area contributed by atoms with Crippen molar-refractivity contribution in [3.8, 4) is 11.1 Å². The quantitative estimate of drug-likeness (QED) is 0.764. The monoisotopic (exact) mass is 226 g/mol. The Labute approximate surface area is 102 Å². The number of hydrogen-bond acceptors (Lipinski definition) is 1. The number of aryl methyl sites for hydroxylation is 1. The van der Waals surface area contributed by atoms with Gasteiger partial charge in [-0.15, -0.1) is 0 Å². The zero-order valence-electron chi connectivity index (χ0n) is 10.5. The summed E-state index contributed by atoms with van der Waals surface area (Å²) >= 11 is 0. The molecule has 0 atom stereocenters. The van der Waals surface area contributed by atoms with E-state index in [2.05, 4.69) is 48.9 Å². The van der Waals surface area contributed by atoms with Gasteiger partial charge in [-0.05, 0) is 24.3 Å². The minimum absolute atomic E-state index is 0.489. The maximum Gasteiger partial charge on any atom is 0.0731 e. The predicted molar refractivity (Wildman–Crippen MR) is 70.1 cm³/mol. The third-order valence-corrected chi connectivity index (χ3v) is 3.48. The highest BCUT2D eigenvalue weighted by molar-refractivity contribution is 5.69. The van der Waals surface area contributed by atoms with Gasteiger partial charge in [0.15, 0.2) is 0 Å². The maximum atomic E-state index is 4.78. The van der Waals surface area contributed by atoms with E-state index in [9.17, 15) is 0 Å². The average Bonchev–Trinajstić information content (AvgIpc) is 2.89. The molecular formula is C15H18N2. The molecule has 2 nitrogen and oxygen atoms in total. The molecule has 3 rings (SSSR count). The summed E-state index contributed by atoms with van der Waals surface area (Å²) in [7, 11) is 0. The summed E-state index contributed by atoms with van der Waals surface area (Å²) in [6.07, 6.45) is 2.41. The van der Waals surface area contributed by atoms with E-state index in [4.69, 9.17) is 5.10 Å². The highest BCUT2D eigenvalue weighted by atomic mass is 15.3. The number of nitrogens with zero attached hydrogens (tertiary/aromatic N) is 2. The summed E-state index contributed by atoms with van der Waals surface area (Å²) in [5.41, 5.74) is 5.39. The molecule has 2 heterocycles. The van der Waals surface area contributed by atoms with Crippen LogP contribution in [0.1, 0.15) is 37.6 Å². The molecule has 1 aromatic heterocycles. The molecule has 2 heteroatoms. The van der Waals surface area contributed by atoms with Crippen LogP contribution in [0.25, 0.3) is 11.1 Å². The van der Waals surface area contributed by atoms with Gasteiger partial charge in [0, 0.05) is 17.8 Å². The molecule has 0 amide bonds. The van der Waals surface area contributed by atoms with Gasteiger partial charge in [-0.3, -0.25) is 4.68 Å². The summed E-state index contributed by atoms with van der Waals surface area (Å²) in [5.74, 6) is 0.489. The zero-order chi connectivity index (χ0) is 11.8. The Morgan fingerprint density at radius 2 is 1.94 bits per heavy atom. The van der Waals surface area contributed by atoms with Gasteiger partial charge in [0.1, 0.15) is 0 Å². The number of benzene rings is 1. The lowest BCUT2D eigenvalue weighted by Gasteiger charge is -2.07. The number of hydrogen-bond donors (Lipinski definition) is 0. The summed E-state index contributed by atoms with van der Waals surface area (Å²) in [5, 5.41) is 4.78. The molecule has 0 saturated heterocycles. The van der Waals surface area contributed by atoms with Gasteiger partial charge in [-0.1, -0.05) is 44.2 Å². The summed E-state index contributed by atoms with van der Waals surface area (Å²) in [4.78, 5) is 0. The fraction of sp³-hybridized carbons (Fsp3) is 0.400. The zero-order valence-corrected chi connectivity index (χ0v) is 10.5. The molecule has 88 valence electrons. The largest absolute Gasteiger partial charge is 0.269 e. The Kier molecular flexibility index (Phi) is 2.50. The third-order valence-electron chi connectivity index (χ3n) is 3.48. The second-order valence-corrected chi connectivity index (χ2v) is 5.05. The lowest BCUT2D eigenvalue weighted by Crippen LogP contribution is -1.96. The van der Waals surface area contributed by atoms with Crippen molar-refractivity contribution in [2.24, 2.45) is 0 Å². The van der Waals surface area contributed by atoms with Gasteiger partial charge in [0.25, 0.3) is 0 Å². The predicted octanol–water partition coefficient (Wildman–Crippen LogP) is 3.62. The van der Waals surface area contributed by atoms with Crippen molar-refractivity contribution < 1.29 is 0 Å². The molecule has 0 saturated carbocycles. The molecule has 1 aliphatic heterocycles. The normalized spacial score (nSPS) is 14.3. The van der Waals surface area contributed by atoms with Crippen LogP contribution in [0.2, 0.25) is 0 Å². The molecule has 0 aliphatic carbocycles. The van der Waals surface area contributed by atoms with E-state index in [1.807, 2.05) is 0 Å². The average molecular weight is 226 g/mol. The van der Waals surface area contributed by atoms with Crippen molar-refractivity contribution in [1.82, 2.24) is 9.78 Å². The second-order valence-electron chi connectivity index (χ2n) is 5.05. The van der Waals surface area contributed by atoms with Crippen molar-refractivity contribution in [1.29, 1.82) is 0 Å². The van der Waals surface area contributed by atoms with Gasteiger partial charge < -0.3 is 0 Å². The van der Waals surface area contributed by atoms with Crippen LogP contribution in [0, 0.1) is 0 Å². The fourth-order valence-electron chi connectivity index (χ4n) is 2.68. The molecular weight excluding hydrogens is 208 g/mol. The van der Waals surface area contributed by atoms with E-state index >= 15 is 0 Å². The molecule has 0 unspecified atom stereocenters. The van der Waals surface area contributed by atoms with Crippen LogP contribution in [0.4, 0.5) is 0 Å². The van der Waals surface area contributed by atoms with Crippen molar-refractivity contribution >= 4 is 0 Å². The van der Waals surface area contributed by atoms with Gasteiger partial charge in [-0.2, -0.15) is 5.10 Å². The van der Waals surface area contributed by atoms with Crippen LogP contribution in [-0.2, 0) is 13.0 Å². The van der Waals surface area contributed by atoms with Crippen LogP contribution in [-0.4, -0.2) is 9.78 Å². The van der Waals surface area contributed by atoms with Gasteiger partial charge in [0.05, 0.1) is 5.69 Å². The van der Waals surface area contributed by atoms with Crippen LogP contribution < -0.4 is 0 Å². The Morgan fingerprint density at radius 3 is 2.65 bits per heavy atom. The Bertz CT molecular complexity index is 523. The van der Waals surface area contributed by atoms with E-state index < -0.39 is 0 Å². The summed E-state index contributed by atoms with van der Waals surface area (Å²) in [6, 6.07) is 10.7. The lowest BCUT2D eigenvalue weighted by molar-refractivity contribution is 0.632. The first-order valence-electron chi connectivity index (χ1n) is 6.42. The molecule has 0 bridgehead atoms. The van der Waals surface area contributed by atoms with Crippen molar-refractivity contribution in [3.63, 3.8) is 0 Å². The number of aromatic nitrogens is 2. The maximum absolute atomic E-state index is 4.78. The molecule has 0 fully saturated rings. The molecule has 0 spiro atoms. The van der Waals surface area contributed by atoms with Crippen LogP contribution in [0.5, 0.6) is 0 Å². The highest BCUT2D eigenvalue weighted by Gasteiger charge is 2.23. The Hall–Kier alpha value is -1.57. The van der Waals surface area contributed by atoms with E-state index in [0.717, 1.165) is 6.54 Å². The minimum atomic E-state index is 0.489. The Morgan fingerprint density at radius 1 is 1.18 bits per heavy atom. The lowest BCUT2D eigenvalue weighted by atomic mass is 9.96. The number of rotatable bonds is 2. The first kappa shape index (κ1) is 10.6. The Balaban J connectivity index is 2.20. The highest BCUT2D eigenvalue weighted by Crippen LogP contribution is 2.34. The molecule has 1 aromatic carbocycles. The molecule has 2 aromatic rings. The molecule has 0 radical (unpaired) electrons. The van der Waals surface area contributed by atoms with E-state index in [0.29, 0.717) is 5.92 Å². The molecule has 0 N–H and O–H groups in total. The third kappa shape index (κ3) is 1.68. The minimum Gasteiger partial charge on any atom is -0.269 e. The topological polar surface area (TPSA) is 17.8 Å². The van der Waals surface area contributed by atoms with Crippen LogP contribution in [0.15, 0.2) is 30.3 Å². The van der Waals surface area contributed by atoms with Crippen molar-refractivity contribution in [2.75, 3.05) is 0 Å². The summed E-state index contributed by atoms with van der Waals surface area (Å²) in [6.45, 7) is 5.54. The van der Waals surface area contributed by atoms with Gasteiger partial charge in [0.2, 0.25) is 0 Å². The van der Waals surface area contributed by atoms with Crippen molar-refractivity contribution in [3.05, 3.63) is 41.7 Å². The summed E-state index contributed by atoms with van der Waals surface area (Å²) < 4.78 is 2.21. The first-order valence-corrected chi connectivity index (χ1v) is 6.42. The first-order chi connectivity index (χ1) is 8.27. The van der Waals surface area contributed by atoms with Crippen LogP contribution >= 0.6 is 0 Å². The smallest absolute Gasteiger partial charge is 0.0731 e. The second kappa shape index (κ2) is 4.02. The molecule has 17 heavy (non-hydrogen) atoms.